The number of carbonyl (C=O) groups excluding carboxylic acids is 3. The molecule has 7 heteroatoms. The van der Waals surface area contributed by atoms with Crippen LogP contribution in [-0.4, -0.2) is 34.8 Å². The third-order valence-corrected chi connectivity index (χ3v) is 3.14. The third-order valence-electron chi connectivity index (χ3n) is 3.14. The maximum absolute atomic E-state index is 13.2. The van der Waals surface area contributed by atoms with E-state index in [1.807, 2.05) is 6.92 Å². The molecule has 3 N–H and O–H groups in total. The van der Waals surface area contributed by atoms with Crippen molar-refractivity contribution < 1.29 is 23.9 Å². The first-order valence-corrected chi connectivity index (χ1v) is 7.21. The Bertz CT molecular complexity index is 596. The fourth-order valence-corrected chi connectivity index (χ4v) is 1.75. The summed E-state index contributed by atoms with van der Waals surface area (Å²) in [5.74, 6) is -1.20. The number of hydrogen-bond donors (Lipinski definition) is 3. The lowest BCUT2D eigenvalue weighted by molar-refractivity contribution is -0.130. The second-order valence-corrected chi connectivity index (χ2v) is 5.88. The van der Waals surface area contributed by atoms with Gasteiger partial charge in [-0.05, 0) is 45.4 Å². The molecule has 6 nitrogen and oxygen atoms in total. The Morgan fingerprint density at radius 2 is 2.13 bits per heavy atom. The van der Waals surface area contributed by atoms with Gasteiger partial charge in [-0.2, -0.15) is 0 Å². The number of anilines is 1. The minimum absolute atomic E-state index is 0.128. The van der Waals surface area contributed by atoms with E-state index >= 15 is 0 Å². The summed E-state index contributed by atoms with van der Waals surface area (Å²) >= 11 is 0. The number of amides is 2. The van der Waals surface area contributed by atoms with Gasteiger partial charge in [-0.3, -0.25) is 14.4 Å². The molecule has 0 aromatic heterocycles. The van der Waals surface area contributed by atoms with Gasteiger partial charge in [0.1, 0.15) is 17.7 Å². The van der Waals surface area contributed by atoms with Gasteiger partial charge in [0.2, 0.25) is 5.91 Å². The highest BCUT2D eigenvalue weighted by Gasteiger charge is 2.24. The zero-order valence-electron chi connectivity index (χ0n) is 13.4. The number of carbonyl (C=O) groups is 3. The van der Waals surface area contributed by atoms with Gasteiger partial charge in [0.15, 0.2) is 0 Å². The molecule has 1 fully saturated rings. The van der Waals surface area contributed by atoms with Gasteiger partial charge in [-0.25, -0.2) is 4.39 Å². The SMILES string of the molecule is CC(C)(O)C(=O)Nc1cc(C=O)ccc1F.CC1CCC(=O)N1. The van der Waals surface area contributed by atoms with Crippen LogP contribution in [0.15, 0.2) is 18.2 Å². The second kappa shape index (κ2) is 7.82. The van der Waals surface area contributed by atoms with Gasteiger partial charge in [-0.1, -0.05) is 0 Å². The lowest BCUT2D eigenvalue weighted by atomic mass is 10.1. The van der Waals surface area contributed by atoms with Crippen LogP contribution in [0.3, 0.4) is 0 Å². The summed E-state index contributed by atoms with van der Waals surface area (Å²) in [4.78, 5) is 32.2. The molecule has 0 bridgehead atoms. The van der Waals surface area contributed by atoms with E-state index in [9.17, 15) is 23.9 Å². The minimum atomic E-state index is -1.61. The second-order valence-electron chi connectivity index (χ2n) is 5.88. The maximum Gasteiger partial charge on any atom is 0.255 e. The molecule has 1 aromatic carbocycles. The molecule has 23 heavy (non-hydrogen) atoms. The molecule has 1 aliphatic rings. The van der Waals surface area contributed by atoms with Gasteiger partial charge in [0.25, 0.3) is 5.91 Å². The highest BCUT2D eigenvalue weighted by Crippen LogP contribution is 2.17. The molecular formula is C16H21FN2O4. The van der Waals surface area contributed by atoms with Gasteiger partial charge < -0.3 is 15.7 Å². The Labute approximate surface area is 134 Å². The van der Waals surface area contributed by atoms with Crippen LogP contribution in [0.25, 0.3) is 0 Å². The van der Waals surface area contributed by atoms with E-state index in [1.54, 1.807) is 0 Å². The van der Waals surface area contributed by atoms with Crippen LogP contribution < -0.4 is 10.6 Å². The van der Waals surface area contributed by atoms with Crippen LogP contribution in [0, 0.1) is 5.82 Å². The van der Waals surface area contributed by atoms with Crippen molar-refractivity contribution in [2.75, 3.05) is 5.32 Å². The average molecular weight is 324 g/mol. The summed E-state index contributed by atoms with van der Waals surface area (Å²) in [6.07, 6.45) is 2.28. The van der Waals surface area contributed by atoms with E-state index < -0.39 is 17.3 Å². The zero-order valence-corrected chi connectivity index (χ0v) is 13.4. The van der Waals surface area contributed by atoms with Gasteiger partial charge in [-0.15, -0.1) is 0 Å². The van der Waals surface area contributed by atoms with Crippen LogP contribution in [0.1, 0.15) is 44.0 Å². The first-order valence-electron chi connectivity index (χ1n) is 7.21. The number of halogens is 1. The molecule has 0 spiro atoms. The molecule has 1 aliphatic heterocycles. The Morgan fingerprint density at radius 3 is 2.52 bits per heavy atom. The van der Waals surface area contributed by atoms with Crippen molar-refractivity contribution in [1.29, 1.82) is 0 Å². The number of hydrogen-bond acceptors (Lipinski definition) is 4. The topological polar surface area (TPSA) is 95.5 Å². The van der Waals surface area contributed by atoms with Crippen LogP contribution in [-0.2, 0) is 9.59 Å². The fourth-order valence-electron chi connectivity index (χ4n) is 1.75. The number of nitrogens with one attached hydrogen (secondary N) is 2. The molecule has 2 rings (SSSR count). The van der Waals surface area contributed by atoms with Gasteiger partial charge >= 0.3 is 0 Å². The molecule has 2 amide bonds. The van der Waals surface area contributed by atoms with E-state index in [1.165, 1.54) is 26.0 Å². The van der Waals surface area contributed by atoms with Gasteiger partial charge in [0, 0.05) is 18.0 Å². The largest absolute Gasteiger partial charge is 0.381 e. The monoisotopic (exact) mass is 324 g/mol. The molecule has 0 aliphatic carbocycles. The maximum atomic E-state index is 13.2. The molecule has 1 aromatic rings. The Kier molecular flexibility index (Phi) is 6.38. The summed E-state index contributed by atoms with van der Waals surface area (Å²) in [5.41, 5.74) is -1.49. The molecule has 0 radical (unpaired) electrons. The Hall–Kier alpha value is -2.28. The van der Waals surface area contributed by atoms with E-state index in [0.29, 0.717) is 12.3 Å². The molecule has 0 saturated carbocycles. The third kappa shape index (κ3) is 6.15. The fraction of sp³-hybridized carbons (Fsp3) is 0.438. The van der Waals surface area contributed by atoms with Gasteiger partial charge in [0.05, 0.1) is 5.69 Å². The lowest BCUT2D eigenvalue weighted by Crippen LogP contribution is -2.36. The summed E-state index contributed by atoms with van der Waals surface area (Å²) in [7, 11) is 0. The van der Waals surface area contributed by atoms with E-state index in [-0.39, 0.29) is 17.2 Å². The Morgan fingerprint density at radius 1 is 1.48 bits per heavy atom. The molecule has 126 valence electrons. The van der Waals surface area contributed by atoms with Crippen LogP contribution >= 0.6 is 0 Å². The van der Waals surface area contributed by atoms with E-state index in [0.717, 1.165) is 18.9 Å². The standard InChI is InChI=1S/C11H12FNO3.C5H9NO/c1-11(2,16)10(15)13-9-5-7(6-14)3-4-8(9)12;1-4-2-3-5(7)6-4/h3-6,16H,1-2H3,(H,13,15);4H,2-3H2,1H3,(H,6,7). The van der Waals surface area contributed by atoms with Crippen LogP contribution in [0.2, 0.25) is 0 Å². The van der Waals surface area contributed by atoms with Crippen LogP contribution in [0.4, 0.5) is 10.1 Å². The lowest BCUT2D eigenvalue weighted by Gasteiger charge is -2.16. The van der Waals surface area contributed by atoms with E-state index in [4.69, 9.17) is 0 Å². The quantitative estimate of drug-likeness (QED) is 0.737. The number of aliphatic hydroxyl groups is 1. The molecule has 1 atom stereocenters. The van der Waals surface area contributed by atoms with Crippen LogP contribution in [0.5, 0.6) is 0 Å². The first-order chi connectivity index (χ1) is 10.6. The highest BCUT2D eigenvalue weighted by molar-refractivity contribution is 5.97. The smallest absolute Gasteiger partial charge is 0.255 e. The zero-order chi connectivity index (χ0) is 17.6. The van der Waals surface area contributed by atoms with Crippen molar-refractivity contribution in [3.05, 3.63) is 29.6 Å². The van der Waals surface area contributed by atoms with Crippen molar-refractivity contribution in [1.82, 2.24) is 5.32 Å². The minimum Gasteiger partial charge on any atom is -0.381 e. The molecular weight excluding hydrogens is 303 g/mol. The summed E-state index contributed by atoms with van der Waals surface area (Å²) in [5, 5.41) is 14.3. The number of benzene rings is 1. The van der Waals surface area contributed by atoms with Crippen molar-refractivity contribution in [3.8, 4) is 0 Å². The van der Waals surface area contributed by atoms with Crippen molar-refractivity contribution in [3.63, 3.8) is 0 Å². The summed E-state index contributed by atoms with van der Waals surface area (Å²) < 4.78 is 13.2. The van der Waals surface area contributed by atoms with Crippen molar-refractivity contribution in [2.24, 2.45) is 0 Å². The predicted octanol–water partition coefficient (Wildman–Crippen LogP) is 1.63. The number of aldehydes is 1. The predicted molar refractivity (Wildman–Crippen MR) is 83.6 cm³/mol. The summed E-state index contributed by atoms with van der Waals surface area (Å²) in [6.45, 7) is 4.58. The average Bonchev–Trinajstić information content (AvgIpc) is 2.84. The highest BCUT2D eigenvalue weighted by atomic mass is 19.1. The normalized spacial score (nSPS) is 16.9. The Balaban J connectivity index is 0.000000313. The molecule has 1 saturated heterocycles. The molecule has 1 heterocycles. The first kappa shape index (κ1) is 18.8. The van der Waals surface area contributed by atoms with Crippen molar-refractivity contribution >= 4 is 23.8 Å². The van der Waals surface area contributed by atoms with E-state index in [2.05, 4.69) is 10.6 Å². The summed E-state index contributed by atoms with van der Waals surface area (Å²) in [6, 6.07) is 3.99. The number of rotatable bonds is 3. The molecule has 1 unspecified atom stereocenters. The van der Waals surface area contributed by atoms with Crippen molar-refractivity contribution in [2.45, 2.75) is 45.3 Å².